The van der Waals surface area contributed by atoms with E-state index >= 15 is 0 Å². The third kappa shape index (κ3) is 6.68. The molecule has 1 heterocycles. The summed E-state index contributed by atoms with van der Waals surface area (Å²) in [4.78, 5) is 15.3. The molecule has 26 heavy (non-hydrogen) atoms. The molecule has 0 aromatic heterocycles. The molecule has 2 aliphatic rings. The van der Waals surface area contributed by atoms with Crippen molar-refractivity contribution in [1.82, 2.24) is 0 Å². The number of aliphatic imine (C=N–C) groups is 1. The number of aliphatic hydroxyl groups excluding tert-OH is 2. The first-order chi connectivity index (χ1) is 12.5. The minimum atomic E-state index is -0.741. The Bertz CT molecular complexity index is 510. The van der Waals surface area contributed by atoms with Gasteiger partial charge in [0.25, 0.3) is 0 Å². The average Bonchev–Trinajstić information content (AvgIpc) is 3.09. The number of fused-ring (bicyclic) bond motifs is 1. The second kappa shape index (κ2) is 11.1. The van der Waals surface area contributed by atoms with Gasteiger partial charge in [-0.25, -0.2) is 0 Å². The molecule has 1 aliphatic carbocycles. The van der Waals surface area contributed by atoms with E-state index in [0.29, 0.717) is 38.4 Å². The number of ether oxygens (including phenoxy) is 1. The molecule has 3 N–H and O–H groups in total. The Hall–Kier alpha value is -0.890. The number of aliphatic carboxylic acids is 1. The number of nitrogens with zero attached hydrogens (tertiary/aromatic N) is 1. The van der Waals surface area contributed by atoms with E-state index < -0.39 is 18.2 Å². The molecule has 1 fully saturated rings. The minimum Gasteiger partial charge on any atom is -0.481 e. The molecule has 0 spiro atoms. The normalized spacial score (nSPS) is 29.1. The van der Waals surface area contributed by atoms with Gasteiger partial charge in [0.1, 0.15) is 0 Å². The van der Waals surface area contributed by atoms with Gasteiger partial charge in [-0.3, -0.25) is 9.79 Å². The smallest absolute Gasteiger partial charge is 0.303 e. The largest absolute Gasteiger partial charge is 0.481 e. The number of carboxylic acids is 1. The molecule has 1 saturated carbocycles. The lowest BCUT2D eigenvalue weighted by Gasteiger charge is -2.17. The predicted octanol–water partition coefficient (Wildman–Crippen LogP) is 2.49. The van der Waals surface area contributed by atoms with E-state index in [9.17, 15) is 15.0 Å². The van der Waals surface area contributed by atoms with Gasteiger partial charge in [-0.05, 0) is 37.9 Å². The minimum absolute atomic E-state index is 0.0376. The van der Waals surface area contributed by atoms with Crippen molar-refractivity contribution in [2.75, 3.05) is 19.0 Å². The second-order valence-electron chi connectivity index (χ2n) is 6.98. The number of rotatable bonds is 11. The van der Waals surface area contributed by atoms with E-state index in [1.807, 2.05) is 13.0 Å². The number of hydrogen-bond donors (Lipinski definition) is 3. The van der Waals surface area contributed by atoms with Crippen LogP contribution in [0, 0.1) is 11.8 Å². The Morgan fingerprint density at radius 1 is 1.46 bits per heavy atom. The number of unbranched alkanes of at least 4 members (excludes halogenated alkanes) is 1. The third-order valence-electron chi connectivity index (χ3n) is 5.01. The Labute approximate surface area is 159 Å². The second-order valence-corrected chi connectivity index (χ2v) is 8.14. The third-order valence-corrected chi connectivity index (χ3v) is 6.11. The van der Waals surface area contributed by atoms with Gasteiger partial charge >= 0.3 is 5.97 Å². The van der Waals surface area contributed by atoms with Gasteiger partial charge in [0.15, 0.2) is 0 Å². The molecule has 0 bridgehead atoms. The van der Waals surface area contributed by atoms with Gasteiger partial charge in [-0.1, -0.05) is 12.2 Å². The highest BCUT2D eigenvalue weighted by molar-refractivity contribution is 8.13. The van der Waals surface area contributed by atoms with Crippen molar-refractivity contribution in [3.63, 3.8) is 0 Å². The highest BCUT2D eigenvalue weighted by Gasteiger charge is 2.44. The molecule has 4 unspecified atom stereocenters. The predicted molar refractivity (Wildman–Crippen MR) is 104 cm³/mol. The van der Waals surface area contributed by atoms with E-state index in [1.54, 1.807) is 17.8 Å². The number of carboxylic acid groups (broad SMARTS) is 1. The van der Waals surface area contributed by atoms with Gasteiger partial charge in [0.2, 0.25) is 0 Å². The van der Waals surface area contributed by atoms with E-state index in [2.05, 4.69) is 0 Å². The van der Waals surface area contributed by atoms with Crippen LogP contribution in [0.15, 0.2) is 17.1 Å². The first-order valence-corrected chi connectivity index (χ1v) is 10.5. The Morgan fingerprint density at radius 2 is 2.27 bits per heavy atom. The van der Waals surface area contributed by atoms with Crippen LogP contribution in [0.25, 0.3) is 0 Å². The maximum atomic E-state index is 10.5. The monoisotopic (exact) mass is 385 g/mol. The zero-order valence-electron chi connectivity index (χ0n) is 15.4. The van der Waals surface area contributed by atoms with Crippen LogP contribution < -0.4 is 0 Å². The Morgan fingerprint density at radius 3 is 3.00 bits per heavy atom. The average molecular weight is 386 g/mol. The van der Waals surface area contributed by atoms with Gasteiger partial charge in [0.05, 0.1) is 23.3 Å². The molecule has 2 rings (SSSR count). The first-order valence-electron chi connectivity index (χ1n) is 9.54. The number of thioether (sulfide) groups is 1. The van der Waals surface area contributed by atoms with Crippen molar-refractivity contribution in [3.8, 4) is 0 Å². The highest BCUT2D eigenvalue weighted by Crippen LogP contribution is 2.43. The van der Waals surface area contributed by atoms with Crippen molar-refractivity contribution < 1.29 is 24.9 Å². The van der Waals surface area contributed by atoms with Gasteiger partial charge in [-0.15, -0.1) is 11.8 Å². The fourth-order valence-electron chi connectivity index (χ4n) is 3.62. The zero-order valence-corrected chi connectivity index (χ0v) is 16.2. The lowest BCUT2D eigenvalue weighted by atomic mass is 9.91. The maximum absolute atomic E-state index is 10.5. The summed E-state index contributed by atoms with van der Waals surface area (Å²) in [7, 11) is 0. The standard InChI is InChI=1S/C19H31NO5S/c1-2-25-9-8-13(21)6-7-14-15-11-18(20-16(15)12-17(14)22)26-10-4-3-5-19(23)24/h6-7,13-17,21-22H,2-5,8-12H2,1H3,(H,23,24)/t13-,14?,15?,16?,17?/m1/s1. The van der Waals surface area contributed by atoms with Crippen LogP contribution in [0.2, 0.25) is 0 Å². The lowest BCUT2D eigenvalue weighted by Crippen LogP contribution is -2.19. The van der Waals surface area contributed by atoms with Crippen LogP contribution in [0.4, 0.5) is 0 Å². The summed E-state index contributed by atoms with van der Waals surface area (Å²) < 4.78 is 5.25. The molecule has 148 valence electrons. The van der Waals surface area contributed by atoms with Crippen LogP contribution in [0.5, 0.6) is 0 Å². The molecule has 7 heteroatoms. The molecule has 0 amide bonds. The molecular formula is C19H31NO5S. The summed E-state index contributed by atoms with van der Waals surface area (Å²) >= 11 is 1.72. The van der Waals surface area contributed by atoms with E-state index in [1.165, 1.54) is 0 Å². The fraction of sp³-hybridized carbons (Fsp3) is 0.789. The number of carbonyl (C=O) groups is 1. The fourth-order valence-corrected chi connectivity index (χ4v) is 4.72. The summed E-state index contributed by atoms with van der Waals surface area (Å²) in [6, 6.07) is 0.168. The summed E-state index contributed by atoms with van der Waals surface area (Å²) in [5.74, 6) is 0.498. The Balaban J connectivity index is 1.75. The first kappa shape index (κ1) is 21.4. The molecule has 0 aromatic rings. The molecule has 0 radical (unpaired) electrons. The van der Waals surface area contributed by atoms with E-state index in [-0.39, 0.29) is 18.4 Å². The van der Waals surface area contributed by atoms with Crippen molar-refractivity contribution in [2.24, 2.45) is 16.8 Å². The van der Waals surface area contributed by atoms with Crippen LogP contribution >= 0.6 is 11.8 Å². The van der Waals surface area contributed by atoms with Crippen molar-refractivity contribution in [2.45, 2.75) is 63.7 Å². The summed E-state index contributed by atoms with van der Waals surface area (Å²) in [6.07, 6.45) is 6.72. The van der Waals surface area contributed by atoms with Gasteiger partial charge in [-0.2, -0.15) is 0 Å². The van der Waals surface area contributed by atoms with Crippen LogP contribution in [-0.2, 0) is 9.53 Å². The molecule has 0 aromatic carbocycles. The summed E-state index contributed by atoms with van der Waals surface area (Å²) in [6.45, 7) is 3.11. The summed E-state index contributed by atoms with van der Waals surface area (Å²) in [5, 5.41) is 30.1. The Kier molecular flexibility index (Phi) is 9.11. The zero-order chi connectivity index (χ0) is 18.9. The molecule has 0 saturated heterocycles. The molecule has 5 atom stereocenters. The van der Waals surface area contributed by atoms with Crippen LogP contribution in [0.1, 0.15) is 45.4 Å². The molecular weight excluding hydrogens is 354 g/mol. The van der Waals surface area contributed by atoms with Crippen LogP contribution in [-0.4, -0.2) is 63.5 Å². The van der Waals surface area contributed by atoms with E-state index in [0.717, 1.165) is 23.6 Å². The maximum Gasteiger partial charge on any atom is 0.303 e. The SMILES string of the molecule is CCOCC[C@H](O)C=CC1C(O)CC2N=C(SCCCCC(=O)O)CC21. The molecule has 6 nitrogen and oxygen atoms in total. The van der Waals surface area contributed by atoms with Crippen molar-refractivity contribution >= 4 is 22.8 Å². The van der Waals surface area contributed by atoms with Gasteiger partial charge in [0, 0.05) is 38.4 Å². The number of hydrogen-bond acceptors (Lipinski definition) is 6. The molecule has 1 aliphatic heterocycles. The van der Waals surface area contributed by atoms with Crippen LogP contribution in [0.3, 0.4) is 0 Å². The van der Waals surface area contributed by atoms with Crippen molar-refractivity contribution in [1.29, 1.82) is 0 Å². The number of aliphatic hydroxyl groups is 2. The summed E-state index contributed by atoms with van der Waals surface area (Å²) in [5.41, 5.74) is 0. The highest BCUT2D eigenvalue weighted by atomic mass is 32.2. The van der Waals surface area contributed by atoms with E-state index in [4.69, 9.17) is 14.8 Å². The lowest BCUT2D eigenvalue weighted by molar-refractivity contribution is -0.137. The van der Waals surface area contributed by atoms with Crippen molar-refractivity contribution in [3.05, 3.63) is 12.2 Å². The quantitative estimate of drug-likeness (QED) is 0.373. The van der Waals surface area contributed by atoms with Gasteiger partial charge < -0.3 is 20.1 Å². The topological polar surface area (TPSA) is 99.4 Å².